The molecular formula is C21H24N4O6S. The molecule has 0 radical (unpaired) electrons. The van der Waals surface area contributed by atoms with Crippen molar-refractivity contribution in [3.8, 4) is 0 Å². The maximum atomic E-state index is 13.3. The smallest absolute Gasteiger partial charge is 0.314 e. The van der Waals surface area contributed by atoms with Crippen molar-refractivity contribution in [1.82, 2.24) is 14.3 Å². The van der Waals surface area contributed by atoms with Crippen LogP contribution in [0.5, 0.6) is 0 Å². The Hall–Kier alpha value is -3.28. The summed E-state index contributed by atoms with van der Waals surface area (Å²) in [6.45, 7) is 3.37. The number of hydrogen-bond acceptors (Lipinski definition) is 6. The van der Waals surface area contributed by atoms with Gasteiger partial charge in [-0.15, -0.1) is 0 Å². The number of sulfonamides is 1. The van der Waals surface area contributed by atoms with Crippen molar-refractivity contribution >= 4 is 32.7 Å². The van der Waals surface area contributed by atoms with Crippen molar-refractivity contribution in [3.05, 3.63) is 68.2 Å². The summed E-state index contributed by atoms with van der Waals surface area (Å²) in [5.74, 6) is -0.503. The van der Waals surface area contributed by atoms with Crippen LogP contribution in [0.25, 0.3) is 11.0 Å². The van der Waals surface area contributed by atoms with Crippen molar-refractivity contribution in [2.45, 2.75) is 18.7 Å². The maximum Gasteiger partial charge on any atom is 0.314 e. The molecule has 0 spiro atoms. The molecule has 3 rings (SSSR count). The fraction of sp³-hybridized carbons (Fsp3) is 0.286. The molecule has 170 valence electrons. The number of carbonyl (C=O) groups is 1. The number of fused-ring (bicyclic) bond motifs is 1. The third-order valence-electron chi connectivity index (χ3n) is 5.07. The summed E-state index contributed by atoms with van der Waals surface area (Å²) in [6.07, 6.45) is 0. The van der Waals surface area contributed by atoms with Gasteiger partial charge in [0.1, 0.15) is 0 Å². The molecule has 1 amide bonds. The van der Waals surface area contributed by atoms with E-state index in [0.29, 0.717) is 5.69 Å². The van der Waals surface area contributed by atoms with Crippen LogP contribution in [-0.2, 0) is 19.6 Å². The largest absolute Gasteiger partial charge is 0.383 e. The van der Waals surface area contributed by atoms with Crippen LogP contribution in [0.15, 0.2) is 50.9 Å². The van der Waals surface area contributed by atoms with Crippen LogP contribution in [0.2, 0.25) is 0 Å². The number of hydrogen-bond donors (Lipinski definition) is 3. The first-order valence-corrected chi connectivity index (χ1v) is 11.2. The third-order valence-corrected chi connectivity index (χ3v) is 6.92. The van der Waals surface area contributed by atoms with Crippen LogP contribution in [-0.4, -0.2) is 55.4 Å². The lowest BCUT2D eigenvalue weighted by Crippen LogP contribution is -2.40. The zero-order chi connectivity index (χ0) is 23.5. The number of ether oxygens (including phenoxy) is 1. The fourth-order valence-corrected chi connectivity index (χ4v) is 4.52. The first-order valence-electron chi connectivity index (χ1n) is 9.75. The van der Waals surface area contributed by atoms with Gasteiger partial charge < -0.3 is 20.0 Å². The zero-order valence-corrected chi connectivity index (χ0v) is 18.7. The van der Waals surface area contributed by atoms with E-state index in [1.165, 1.54) is 25.3 Å². The highest BCUT2D eigenvalue weighted by molar-refractivity contribution is 7.89. The lowest BCUT2D eigenvalue weighted by molar-refractivity contribution is -0.116. The van der Waals surface area contributed by atoms with E-state index in [9.17, 15) is 22.8 Å². The minimum Gasteiger partial charge on any atom is -0.383 e. The lowest BCUT2D eigenvalue weighted by Gasteiger charge is -2.22. The maximum absolute atomic E-state index is 13.3. The number of rotatable bonds is 8. The molecule has 0 atom stereocenters. The molecule has 0 unspecified atom stereocenters. The number of nitrogens with one attached hydrogen (secondary N) is 3. The molecule has 0 saturated carbocycles. The molecule has 0 bridgehead atoms. The van der Waals surface area contributed by atoms with Gasteiger partial charge >= 0.3 is 11.1 Å². The SMILES string of the molecule is COCCN(CC(=O)Nc1cccc(C)c1C)S(=O)(=O)c1ccc2[nH]c(=O)c(=O)[nH]c2c1. The molecule has 0 fully saturated rings. The van der Waals surface area contributed by atoms with Gasteiger partial charge in [0, 0.05) is 19.3 Å². The Morgan fingerprint density at radius 1 is 1.06 bits per heavy atom. The highest BCUT2D eigenvalue weighted by Crippen LogP contribution is 2.21. The fourth-order valence-electron chi connectivity index (χ4n) is 3.12. The van der Waals surface area contributed by atoms with E-state index in [4.69, 9.17) is 4.74 Å². The van der Waals surface area contributed by atoms with E-state index >= 15 is 0 Å². The summed E-state index contributed by atoms with van der Waals surface area (Å²) >= 11 is 0. The zero-order valence-electron chi connectivity index (χ0n) is 17.9. The van der Waals surface area contributed by atoms with Gasteiger partial charge in [-0.2, -0.15) is 4.31 Å². The minimum atomic E-state index is -4.11. The molecular weight excluding hydrogens is 436 g/mol. The summed E-state index contributed by atoms with van der Waals surface area (Å²) in [4.78, 5) is 40.4. The van der Waals surface area contributed by atoms with Crippen molar-refractivity contribution in [1.29, 1.82) is 0 Å². The van der Waals surface area contributed by atoms with E-state index in [1.54, 1.807) is 12.1 Å². The van der Waals surface area contributed by atoms with Gasteiger partial charge in [-0.3, -0.25) is 14.4 Å². The molecule has 0 saturated heterocycles. The Balaban J connectivity index is 1.91. The Labute approximate surface area is 184 Å². The van der Waals surface area contributed by atoms with Crippen LogP contribution in [0, 0.1) is 13.8 Å². The number of nitrogens with zero attached hydrogens (tertiary/aromatic N) is 1. The van der Waals surface area contributed by atoms with Gasteiger partial charge in [0.15, 0.2) is 0 Å². The first kappa shape index (κ1) is 23.4. The number of amides is 1. The second-order valence-corrected chi connectivity index (χ2v) is 9.18. The molecule has 10 nitrogen and oxygen atoms in total. The van der Waals surface area contributed by atoms with Gasteiger partial charge in [-0.05, 0) is 49.2 Å². The molecule has 11 heteroatoms. The van der Waals surface area contributed by atoms with Crippen LogP contribution in [0.1, 0.15) is 11.1 Å². The number of aryl methyl sites for hydroxylation is 1. The average Bonchev–Trinajstić information content (AvgIpc) is 2.74. The quantitative estimate of drug-likeness (QED) is 0.430. The van der Waals surface area contributed by atoms with Crippen LogP contribution in [0.3, 0.4) is 0 Å². The topological polar surface area (TPSA) is 141 Å². The summed E-state index contributed by atoms with van der Waals surface area (Å²) in [6, 6.07) is 9.38. The molecule has 3 aromatic rings. The van der Waals surface area contributed by atoms with Gasteiger partial charge in [0.25, 0.3) is 0 Å². The van der Waals surface area contributed by atoms with Crippen molar-refractivity contribution in [2.24, 2.45) is 0 Å². The number of aromatic nitrogens is 2. The Morgan fingerprint density at radius 2 is 1.75 bits per heavy atom. The van der Waals surface area contributed by atoms with Gasteiger partial charge in [0.05, 0.1) is 29.1 Å². The monoisotopic (exact) mass is 460 g/mol. The summed E-state index contributed by atoms with van der Waals surface area (Å²) < 4.78 is 32.6. The number of aromatic amines is 2. The molecule has 3 N–H and O–H groups in total. The van der Waals surface area contributed by atoms with E-state index in [1.807, 2.05) is 19.9 Å². The highest BCUT2D eigenvalue weighted by Gasteiger charge is 2.27. The van der Waals surface area contributed by atoms with E-state index in [-0.39, 0.29) is 29.1 Å². The van der Waals surface area contributed by atoms with Gasteiger partial charge in [-0.25, -0.2) is 8.42 Å². The average molecular weight is 461 g/mol. The molecule has 1 heterocycles. The molecule has 2 aromatic carbocycles. The van der Waals surface area contributed by atoms with Crippen molar-refractivity contribution in [3.63, 3.8) is 0 Å². The van der Waals surface area contributed by atoms with Crippen LogP contribution < -0.4 is 16.4 Å². The molecule has 32 heavy (non-hydrogen) atoms. The number of carbonyl (C=O) groups excluding carboxylic acids is 1. The summed E-state index contributed by atoms with van der Waals surface area (Å²) in [5, 5.41) is 2.75. The van der Waals surface area contributed by atoms with E-state index in [0.717, 1.165) is 15.4 Å². The Kier molecular flexibility index (Phi) is 6.92. The number of benzene rings is 2. The standard InChI is InChI=1S/C21H24N4O6S/c1-13-5-4-6-16(14(13)2)22-19(26)12-25(9-10-31-3)32(29,30)15-7-8-17-18(11-15)24-21(28)20(27)23-17/h4-8,11H,9-10,12H2,1-3H3,(H,22,26)(H,23,27)(H,24,28). The minimum absolute atomic E-state index is 0.0563. The van der Waals surface area contributed by atoms with E-state index in [2.05, 4.69) is 15.3 Å². The molecule has 1 aromatic heterocycles. The summed E-state index contributed by atoms with van der Waals surface area (Å²) in [5.41, 5.74) is 1.20. The molecule has 0 aliphatic heterocycles. The van der Waals surface area contributed by atoms with Crippen LogP contribution in [0.4, 0.5) is 5.69 Å². The number of H-pyrrole nitrogens is 2. The second-order valence-electron chi connectivity index (χ2n) is 7.24. The molecule has 0 aliphatic carbocycles. The number of anilines is 1. The lowest BCUT2D eigenvalue weighted by atomic mass is 10.1. The Bertz CT molecular complexity index is 1380. The predicted octanol–water partition coefficient (Wildman–Crippen LogP) is 1.11. The van der Waals surface area contributed by atoms with Crippen molar-refractivity contribution in [2.75, 3.05) is 32.1 Å². The van der Waals surface area contributed by atoms with Gasteiger partial charge in [0.2, 0.25) is 15.9 Å². The third kappa shape index (κ3) is 4.96. The second kappa shape index (κ2) is 9.47. The Morgan fingerprint density at radius 3 is 2.44 bits per heavy atom. The predicted molar refractivity (Wildman–Crippen MR) is 120 cm³/mol. The number of methoxy groups -OCH3 is 1. The normalized spacial score (nSPS) is 11.8. The van der Waals surface area contributed by atoms with E-state index < -0.39 is 33.6 Å². The molecule has 0 aliphatic rings. The van der Waals surface area contributed by atoms with Crippen LogP contribution >= 0.6 is 0 Å². The van der Waals surface area contributed by atoms with Gasteiger partial charge in [-0.1, -0.05) is 12.1 Å². The highest BCUT2D eigenvalue weighted by atomic mass is 32.2. The first-order chi connectivity index (χ1) is 15.1. The summed E-state index contributed by atoms with van der Waals surface area (Å²) in [7, 11) is -2.69. The van der Waals surface area contributed by atoms with Crippen molar-refractivity contribution < 1.29 is 17.9 Å².